The summed E-state index contributed by atoms with van der Waals surface area (Å²) in [6.07, 6.45) is 1.94. The molecule has 4 nitrogen and oxygen atoms in total. The molecule has 0 aliphatic heterocycles. The minimum Gasteiger partial charge on any atom is -0.342 e. The summed E-state index contributed by atoms with van der Waals surface area (Å²) in [7, 11) is 1.62. The van der Waals surface area contributed by atoms with Crippen molar-refractivity contribution < 1.29 is 9.59 Å². The van der Waals surface area contributed by atoms with E-state index >= 15 is 0 Å². The first-order valence-electron chi connectivity index (χ1n) is 6.81. The highest BCUT2D eigenvalue weighted by Gasteiger charge is 2.20. The molecule has 21 heavy (non-hydrogen) atoms. The van der Waals surface area contributed by atoms with Crippen molar-refractivity contribution in [3.8, 4) is 0 Å². The summed E-state index contributed by atoms with van der Waals surface area (Å²) < 4.78 is 0. The lowest BCUT2D eigenvalue weighted by atomic mass is 10.2. The van der Waals surface area contributed by atoms with Gasteiger partial charge < -0.3 is 9.80 Å². The number of thioether (sulfide) groups is 1. The molecule has 0 bridgehead atoms. The van der Waals surface area contributed by atoms with Crippen molar-refractivity contribution in [3.05, 3.63) is 28.8 Å². The molecule has 0 N–H and O–H groups in total. The predicted molar refractivity (Wildman–Crippen MR) is 88.1 cm³/mol. The Balaban J connectivity index is 2.85. The highest BCUT2D eigenvalue weighted by molar-refractivity contribution is 7.98. The van der Waals surface area contributed by atoms with Gasteiger partial charge in [-0.1, -0.05) is 11.6 Å². The number of halogens is 1. The molecule has 1 aromatic carbocycles. The van der Waals surface area contributed by atoms with Gasteiger partial charge in [0.25, 0.3) is 5.91 Å². The first-order valence-corrected chi connectivity index (χ1v) is 8.41. The van der Waals surface area contributed by atoms with Gasteiger partial charge in [-0.05, 0) is 38.3 Å². The predicted octanol–water partition coefficient (Wildman–Crippen LogP) is 3.00. The van der Waals surface area contributed by atoms with E-state index in [-0.39, 0.29) is 18.4 Å². The fraction of sp³-hybridized carbons (Fsp3) is 0.467. The molecule has 0 spiro atoms. The molecule has 0 atom stereocenters. The standard InChI is InChI=1S/C15H21ClN2O2S/c1-5-18(6-2)14(19)10-17(3)15(20)12-9-11(21-4)7-8-13(12)16/h7-9H,5-6,10H2,1-4H3. The molecule has 0 unspecified atom stereocenters. The van der Waals surface area contributed by atoms with Crippen LogP contribution in [0.25, 0.3) is 0 Å². The third-order valence-corrected chi connectivity index (χ3v) is 4.29. The van der Waals surface area contributed by atoms with Crippen LogP contribution in [0.3, 0.4) is 0 Å². The van der Waals surface area contributed by atoms with Crippen LogP contribution in [0.1, 0.15) is 24.2 Å². The van der Waals surface area contributed by atoms with E-state index in [0.29, 0.717) is 23.7 Å². The smallest absolute Gasteiger partial charge is 0.255 e. The third-order valence-electron chi connectivity index (χ3n) is 3.24. The summed E-state index contributed by atoms with van der Waals surface area (Å²) in [5.41, 5.74) is 0.429. The Morgan fingerprint density at radius 2 is 1.86 bits per heavy atom. The van der Waals surface area contributed by atoms with Gasteiger partial charge in [0, 0.05) is 25.0 Å². The Hall–Kier alpha value is -1.20. The Morgan fingerprint density at radius 1 is 1.24 bits per heavy atom. The van der Waals surface area contributed by atoms with E-state index in [1.807, 2.05) is 26.2 Å². The van der Waals surface area contributed by atoms with E-state index in [1.54, 1.807) is 35.8 Å². The van der Waals surface area contributed by atoms with Crippen LogP contribution >= 0.6 is 23.4 Å². The van der Waals surface area contributed by atoms with Gasteiger partial charge in [-0.3, -0.25) is 9.59 Å². The molecule has 0 heterocycles. The van der Waals surface area contributed by atoms with Gasteiger partial charge >= 0.3 is 0 Å². The van der Waals surface area contributed by atoms with Crippen LogP contribution in [0.2, 0.25) is 5.02 Å². The maximum atomic E-state index is 12.4. The molecular formula is C15H21ClN2O2S. The van der Waals surface area contributed by atoms with Crippen LogP contribution in [0, 0.1) is 0 Å². The van der Waals surface area contributed by atoms with Crippen LogP contribution in [0.15, 0.2) is 23.1 Å². The minimum atomic E-state index is -0.239. The molecule has 1 aromatic rings. The van der Waals surface area contributed by atoms with Gasteiger partial charge in [0.2, 0.25) is 5.91 Å². The quantitative estimate of drug-likeness (QED) is 0.754. The minimum absolute atomic E-state index is 0.0559. The van der Waals surface area contributed by atoms with Gasteiger partial charge in [0.1, 0.15) is 0 Å². The van der Waals surface area contributed by atoms with Crippen LogP contribution in [0.5, 0.6) is 0 Å². The van der Waals surface area contributed by atoms with Crippen molar-refractivity contribution in [2.24, 2.45) is 0 Å². The van der Waals surface area contributed by atoms with Crippen molar-refractivity contribution in [2.45, 2.75) is 18.7 Å². The SMILES string of the molecule is CCN(CC)C(=O)CN(C)C(=O)c1cc(SC)ccc1Cl. The Kier molecular flexibility index (Phi) is 7.05. The van der Waals surface area contributed by atoms with Gasteiger partial charge in [0.15, 0.2) is 0 Å². The molecule has 0 fully saturated rings. The Labute approximate surface area is 135 Å². The summed E-state index contributed by atoms with van der Waals surface area (Å²) in [6, 6.07) is 5.33. The van der Waals surface area contributed by atoms with Gasteiger partial charge in [-0.2, -0.15) is 0 Å². The number of likely N-dealkylation sites (N-methyl/N-ethyl adjacent to an activating group) is 2. The Morgan fingerprint density at radius 3 is 2.38 bits per heavy atom. The number of hydrogen-bond donors (Lipinski definition) is 0. The van der Waals surface area contributed by atoms with Crippen LogP contribution < -0.4 is 0 Å². The zero-order valence-corrected chi connectivity index (χ0v) is 14.4. The molecule has 1 rings (SSSR count). The summed E-state index contributed by atoms with van der Waals surface area (Å²) in [6.45, 7) is 5.17. The highest BCUT2D eigenvalue weighted by Crippen LogP contribution is 2.24. The maximum Gasteiger partial charge on any atom is 0.255 e. The number of benzene rings is 1. The van der Waals surface area contributed by atoms with Crippen molar-refractivity contribution >= 4 is 35.2 Å². The fourth-order valence-corrected chi connectivity index (χ4v) is 2.59. The number of carbonyl (C=O) groups excluding carboxylic acids is 2. The summed E-state index contributed by atoms with van der Waals surface area (Å²) in [4.78, 5) is 28.6. The monoisotopic (exact) mass is 328 g/mol. The second kappa shape index (κ2) is 8.29. The van der Waals surface area contributed by atoms with Crippen LogP contribution in [-0.2, 0) is 4.79 Å². The normalized spacial score (nSPS) is 10.3. The van der Waals surface area contributed by atoms with Crippen molar-refractivity contribution in [2.75, 3.05) is 32.9 Å². The Bertz CT molecular complexity index is 518. The lowest BCUT2D eigenvalue weighted by Gasteiger charge is -2.23. The van der Waals surface area contributed by atoms with Crippen LogP contribution in [0.4, 0.5) is 0 Å². The fourth-order valence-electron chi connectivity index (χ4n) is 1.95. The zero-order chi connectivity index (χ0) is 16.0. The molecular weight excluding hydrogens is 308 g/mol. The molecule has 2 amide bonds. The molecule has 0 saturated carbocycles. The van der Waals surface area contributed by atoms with E-state index < -0.39 is 0 Å². The number of nitrogens with zero attached hydrogens (tertiary/aromatic N) is 2. The van der Waals surface area contributed by atoms with E-state index in [1.165, 1.54) is 4.90 Å². The lowest BCUT2D eigenvalue weighted by Crippen LogP contribution is -2.41. The number of amides is 2. The molecule has 0 aliphatic rings. The van der Waals surface area contributed by atoms with Crippen LogP contribution in [-0.4, -0.2) is 54.6 Å². The molecule has 0 aliphatic carbocycles. The summed E-state index contributed by atoms with van der Waals surface area (Å²) in [5, 5.41) is 0.403. The zero-order valence-electron chi connectivity index (χ0n) is 12.9. The van der Waals surface area contributed by atoms with E-state index in [0.717, 1.165) is 4.90 Å². The van der Waals surface area contributed by atoms with Crippen molar-refractivity contribution in [1.29, 1.82) is 0 Å². The third kappa shape index (κ3) is 4.64. The molecule has 0 saturated heterocycles. The first-order chi connectivity index (χ1) is 9.94. The molecule has 0 radical (unpaired) electrons. The number of carbonyl (C=O) groups is 2. The topological polar surface area (TPSA) is 40.6 Å². The summed E-state index contributed by atoms with van der Waals surface area (Å²) >= 11 is 7.64. The summed E-state index contributed by atoms with van der Waals surface area (Å²) in [5.74, 6) is -0.301. The van der Waals surface area contributed by atoms with Gasteiger partial charge in [-0.15, -0.1) is 11.8 Å². The second-order valence-corrected chi connectivity index (χ2v) is 5.86. The maximum absolute atomic E-state index is 12.4. The first kappa shape index (κ1) is 17.9. The molecule has 116 valence electrons. The van der Waals surface area contributed by atoms with Gasteiger partial charge in [0.05, 0.1) is 17.1 Å². The average Bonchev–Trinajstić information content (AvgIpc) is 2.48. The van der Waals surface area contributed by atoms with E-state index in [9.17, 15) is 9.59 Å². The molecule has 0 aromatic heterocycles. The van der Waals surface area contributed by atoms with E-state index in [4.69, 9.17) is 11.6 Å². The number of rotatable bonds is 6. The largest absolute Gasteiger partial charge is 0.342 e. The number of hydrogen-bond acceptors (Lipinski definition) is 3. The molecule has 6 heteroatoms. The van der Waals surface area contributed by atoms with Gasteiger partial charge in [-0.25, -0.2) is 0 Å². The van der Waals surface area contributed by atoms with Crippen molar-refractivity contribution in [1.82, 2.24) is 9.80 Å². The average molecular weight is 329 g/mol. The van der Waals surface area contributed by atoms with E-state index in [2.05, 4.69) is 0 Å². The second-order valence-electron chi connectivity index (χ2n) is 4.57. The highest BCUT2D eigenvalue weighted by atomic mass is 35.5. The lowest BCUT2D eigenvalue weighted by molar-refractivity contribution is -0.131. The van der Waals surface area contributed by atoms with Crippen molar-refractivity contribution in [3.63, 3.8) is 0 Å².